The molecule has 2 heterocycles. The summed E-state index contributed by atoms with van der Waals surface area (Å²) in [5.41, 5.74) is 1.19. The van der Waals surface area contributed by atoms with Crippen molar-refractivity contribution in [3.8, 4) is 0 Å². The Morgan fingerprint density at radius 1 is 1.67 bits per heavy atom. The first-order valence-electron chi connectivity index (χ1n) is 5.55. The first-order valence-corrected chi connectivity index (χ1v) is 5.55. The van der Waals surface area contributed by atoms with Gasteiger partial charge in [0.25, 0.3) is 0 Å². The van der Waals surface area contributed by atoms with Gasteiger partial charge in [0.2, 0.25) is 0 Å². The Kier molecular flexibility index (Phi) is 3.38. The third kappa shape index (κ3) is 2.21. The van der Waals surface area contributed by atoms with Crippen molar-refractivity contribution in [2.24, 2.45) is 13.0 Å². The zero-order valence-corrected chi connectivity index (χ0v) is 9.44. The van der Waals surface area contributed by atoms with Crippen molar-refractivity contribution in [3.05, 3.63) is 18.2 Å². The first kappa shape index (κ1) is 10.6. The van der Waals surface area contributed by atoms with Gasteiger partial charge in [-0.15, -0.1) is 0 Å². The van der Waals surface area contributed by atoms with Gasteiger partial charge in [-0.25, -0.2) is 4.98 Å². The summed E-state index contributed by atoms with van der Waals surface area (Å²) in [7, 11) is 4.02. The molecular weight excluding hydrogens is 190 g/mol. The fourth-order valence-electron chi connectivity index (χ4n) is 2.28. The van der Waals surface area contributed by atoms with E-state index in [0.29, 0.717) is 5.92 Å². The number of hydrogen-bond acceptors (Lipinski definition) is 3. The van der Waals surface area contributed by atoms with Crippen molar-refractivity contribution in [1.29, 1.82) is 0 Å². The molecule has 0 spiro atoms. The average molecular weight is 209 g/mol. The fraction of sp³-hybridized carbons (Fsp3) is 0.727. The summed E-state index contributed by atoms with van der Waals surface area (Å²) in [5, 5.41) is 3.24. The Hall–Kier alpha value is -0.870. The van der Waals surface area contributed by atoms with Gasteiger partial charge < -0.3 is 14.6 Å². The third-order valence-corrected chi connectivity index (χ3v) is 3.06. The molecule has 1 fully saturated rings. The lowest BCUT2D eigenvalue weighted by molar-refractivity contribution is -0.0312. The quantitative estimate of drug-likeness (QED) is 0.810. The number of ether oxygens (including phenoxy) is 1. The van der Waals surface area contributed by atoms with Crippen molar-refractivity contribution in [3.63, 3.8) is 0 Å². The van der Waals surface area contributed by atoms with Crippen molar-refractivity contribution < 1.29 is 4.74 Å². The first-order chi connectivity index (χ1) is 7.33. The maximum Gasteiger partial charge on any atom is 0.103 e. The summed E-state index contributed by atoms with van der Waals surface area (Å²) in [4.78, 5) is 4.15. The van der Waals surface area contributed by atoms with Crippen LogP contribution in [0.1, 0.15) is 24.6 Å². The Labute approximate surface area is 90.6 Å². The standard InChI is InChI=1S/C11H19N3O/c1-12-6-9-4-3-5-15-11(9)10-7-13-8-14(10)2/h7-9,11-12H,3-6H2,1-2H3. The molecule has 2 atom stereocenters. The number of aromatic nitrogens is 2. The van der Waals surface area contributed by atoms with E-state index >= 15 is 0 Å². The van der Waals surface area contributed by atoms with Crippen molar-refractivity contribution >= 4 is 0 Å². The second-order valence-corrected chi connectivity index (χ2v) is 4.18. The monoisotopic (exact) mass is 209 g/mol. The molecule has 2 unspecified atom stereocenters. The maximum atomic E-state index is 5.87. The largest absolute Gasteiger partial charge is 0.372 e. The highest BCUT2D eigenvalue weighted by Gasteiger charge is 2.28. The molecule has 1 aromatic heterocycles. The molecule has 4 nitrogen and oxygen atoms in total. The molecule has 2 rings (SSSR count). The molecule has 0 aromatic carbocycles. The smallest absolute Gasteiger partial charge is 0.103 e. The summed E-state index contributed by atoms with van der Waals surface area (Å²) >= 11 is 0. The van der Waals surface area contributed by atoms with E-state index in [9.17, 15) is 0 Å². The Morgan fingerprint density at radius 3 is 3.20 bits per heavy atom. The molecule has 1 aliphatic rings. The van der Waals surface area contributed by atoms with Crippen LogP contribution in [0.2, 0.25) is 0 Å². The lowest BCUT2D eigenvalue weighted by Crippen LogP contribution is -2.31. The van der Waals surface area contributed by atoms with Crippen molar-refractivity contribution in [2.45, 2.75) is 18.9 Å². The molecule has 0 saturated carbocycles. The van der Waals surface area contributed by atoms with E-state index in [4.69, 9.17) is 4.74 Å². The molecule has 84 valence electrons. The van der Waals surface area contributed by atoms with Crippen LogP contribution >= 0.6 is 0 Å². The number of rotatable bonds is 3. The predicted molar refractivity (Wildman–Crippen MR) is 58.6 cm³/mol. The lowest BCUT2D eigenvalue weighted by atomic mass is 9.92. The molecule has 0 aliphatic carbocycles. The second kappa shape index (κ2) is 4.77. The Morgan fingerprint density at radius 2 is 2.53 bits per heavy atom. The highest BCUT2D eigenvalue weighted by atomic mass is 16.5. The van der Waals surface area contributed by atoms with E-state index in [1.165, 1.54) is 18.5 Å². The topological polar surface area (TPSA) is 39.1 Å². The summed E-state index contributed by atoms with van der Waals surface area (Å²) in [6.45, 7) is 1.88. The SMILES string of the molecule is CNCC1CCCOC1c1cncn1C. The number of imidazole rings is 1. The van der Waals surface area contributed by atoms with Crippen LogP contribution in [-0.4, -0.2) is 29.8 Å². The number of nitrogens with zero attached hydrogens (tertiary/aromatic N) is 2. The van der Waals surface area contributed by atoms with Gasteiger partial charge in [-0.1, -0.05) is 0 Å². The molecule has 1 N–H and O–H groups in total. The van der Waals surface area contributed by atoms with Gasteiger partial charge in [0.15, 0.2) is 0 Å². The van der Waals surface area contributed by atoms with Crippen LogP contribution in [0.5, 0.6) is 0 Å². The molecule has 0 bridgehead atoms. The van der Waals surface area contributed by atoms with Crippen LogP contribution in [0, 0.1) is 5.92 Å². The fourth-order valence-corrected chi connectivity index (χ4v) is 2.28. The molecule has 1 aliphatic heterocycles. The number of aryl methyl sites for hydroxylation is 1. The zero-order valence-electron chi connectivity index (χ0n) is 9.44. The summed E-state index contributed by atoms with van der Waals surface area (Å²) in [6.07, 6.45) is 6.36. The minimum atomic E-state index is 0.207. The molecule has 1 aromatic rings. The normalized spacial score (nSPS) is 26.8. The van der Waals surface area contributed by atoms with Gasteiger partial charge in [0.1, 0.15) is 6.10 Å². The average Bonchev–Trinajstić information content (AvgIpc) is 2.66. The van der Waals surface area contributed by atoms with Gasteiger partial charge in [-0.3, -0.25) is 0 Å². The molecular formula is C11H19N3O. The molecule has 1 saturated heterocycles. The van der Waals surface area contributed by atoms with Crippen LogP contribution in [0.15, 0.2) is 12.5 Å². The van der Waals surface area contributed by atoms with E-state index in [1.807, 2.05) is 26.6 Å². The van der Waals surface area contributed by atoms with E-state index in [-0.39, 0.29) is 6.10 Å². The highest BCUT2D eigenvalue weighted by Crippen LogP contribution is 2.32. The molecule has 15 heavy (non-hydrogen) atoms. The van der Waals surface area contributed by atoms with Crippen LogP contribution in [0.4, 0.5) is 0 Å². The zero-order chi connectivity index (χ0) is 10.7. The van der Waals surface area contributed by atoms with Gasteiger partial charge in [0, 0.05) is 26.1 Å². The summed E-state index contributed by atoms with van der Waals surface area (Å²) in [6, 6.07) is 0. The Balaban J connectivity index is 2.14. The minimum Gasteiger partial charge on any atom is -0.372 e. The van der Waals surface area contributed by atoms with Gasteiger partial charge in [-0.05, 0) is 19.9 Å². The summed E-state index contributed by atoms with van der Waals surface area (Å²) < 4.78 is 7.92. The molecule has 0 radical (unpaired) electrons. The Bertz CT molecular complexity index is 309. The van der Waals surface area contributed by atoms with Crippen LogP contribution in [0.25, 0.3) is 0 Å². The van der Waals surface area contributed by atoms with Crippen LogP contribution in [-0.2, 0) is 11.8 Å². The summed E-state index contributed by atoms with van der Waals surface area (Å²) in [5.74, 6) is 0.569. The van der Waals surface area contributed by atoms with Crippen molar-refractivity contribution in [2.75, 3.05) is 20.2 Å². The lowest BCUT2D eigenvalue weighted by Gasteiger charge is -2.31. The van der Waals surface area contributed by atoms with E-state index < -0.39 is 0 Å². The predicted octanol–water partition coefficient (Wildman–Crippen LogP) is 1.11. The number of hydrogen-bond donors (Lipinski definition) is 1. The van der Waals surface area contributed by atoms with E-state index in [0.717, 1.165) is 13.2 Å². The van der Waals surface area contributed by atoms with Gasteiger partial charge >= 0.3 is 0 Å². The van der Waals surface area contributed by atoms with Gasteiger partial charge in [0.05, 0.1) is 18.2 Å². The molecule has 4 heteroatoms. The maximum absolute atomic E-state index is 5.87. The number of nitrogens with one attached hydrogen (secondary N) is 1. The van der Waals surface area contributed by atoms with E-state index in [2.05, 4.69) is 14.9 Å². The molecule has 0 amide bonds. The second-order valence-electron chi connectivity index (χ2n) is 4.18. The minimum absolute atomic E-state index is 0.207. The third-order valence-electron chi connectivity index (χ3n) is 3.06. The van der Waals surface area contributed by atoms with Crippen LogP contribution < -0.4 is 5.32 Å². The van der Waals surface area contributed by atoms with E-state index in [1.54, 1.807) is 0 Å². The van der Waals surface area contributed by atoms with Crippen LogP contribution in [0.3, 0.4) is 0 Å². The van der Waals surface area contributed by atoms with Gasteiger partial charge in [-0.2, -0.15) is 0 Å². The van der Waals surface area contributed by atoms with Crippen molar-refractivity contribution in [1.82, 2.24) is 14.9 Å². The highest BCUT2D eigenvalue weighted by molar-refractivity contribution is 5.05.